The van der Waals surface area contributed by atoms with Crippen molar-refractivity contribution in [1.82, 2.24) is 66.2 Å². The van der Waals surface area contributed by atoms with Crippen molar-refractivity contribution in [3.05, 3.63) is 185 Å². The van der Waals surface area contributed by atoms with E-state index in [0.29, 0.717) is 75.6 Å². The molecule has 32 nitrogen and oxygen atoms in total. The highest BCUT2D eigenvalue weighted by Crippen LogP contribution is 2.41. The molecule has 5 aliphatic carbocycles. The highest BCUT2D eigenvalue weighted by atomic mass is 16.5. The molecule has 2 aromatic heterocycles. The molecule has 7 heterocycles. The lowest BCUT2D eigenvalue weighted by atomic mass is 9.74. The zero-order chi connectivity index (χ0) is 91.2. The number of aryl methyl sites for hydroxylation is 1. The average molecular weight is 1760 g/mol. The van der Waals surface area contributed by atoms with E-state index in [1.165, 1.54) is 17.6 Å². The number of carbonyl (C=O) groups is 16. The van der Waals surface area contributed by atoms with Crippen LogP contribution in [0.1, 0.15) is 137 Å². The van der Waals surface area contributed by atoms with Gasteiger partial charge in [0, 0.05) is 96.4 Å². The smallest absolute Gasteiger partial charge is 0.287 e. The molecule has 32 heteroatoms. The lowest BCUT2D eigenvalue weighted by Gasteiger charge is -2.28. The number of aromatic nitrogens is 3. The maximum atomic E-state index is 13.1. The van der Waals surface area contributed by atoms with E-state index in [-0.39, 0.29) is 117 Å². The van der Waals surface area contributed by atoms with Gasteiger partial charge < -0.3 is 66.1 Å². The molecule has 0 bridgehead atoms. The molecule has 10 atom stereocenters. The van der Waals surface area contributed by atoms with Gasteiger partial charge >= 0.3 is 0 Å². The molecule has 0 spiro atoms. The molecular formula is C96H118N14O18. The SMILES string of the molecule is CC(C)CNC(=O)C(=O)[C@H]1CN(CC(N)=O)C(=O)[C@@H]1Cc1ccccc1.CN1C[C@H](C(=O)C(=O)NC2CC2)[C@@H](C2CCCCC2)C1=O.COCCN1C[C@H](C(=O)C(=O)NC2CC2)[C@@H](Cc2ccccc2)C1=O.Cc1cc(CN2C[C@H](C(=O)C(=O)NC3CC3)[C@@H](Cc3ccccc3)C2=O)no1.O=C(NC1CC1)C(=O)[C@H]1CN(Cc2ccncn2)C(=O)[C@@H]1Cc1ccccc1. The molecule has 7 N–H and O–H groups in total. The molecule has 5 saturated carbocycles. The van der Waals surface area contributed by atoms with Gasteiger partial charge in [0.05, 0.1) is 91.1 Å². The number of nitrogens with one attached hydrogen (secondary N) is 5. The van der Waals surface area contributed by atoms with Crippen molar-refractivity contribution in [2.75, 3.05) is 73.1 Å². The van der Waals surface area contributed by atoms with Crippen LogP contribution in [-0.4, -0.2) is 231 Å². The topological polar surface area (TPSA) is 437 Å². The van der Waals surface area contributed by atoms with Crippen molar-refractivity contribution in [3.8, 4) is 0 Å². The van der Waals surface area contributed by atoms with E-state index in [9.17, 15) is 76.7 Å². The van der Waals surface area contributed by atoms with E-state index < -0.39 is 112 Å². The van der Waals surface area contributed by atoms with Gasteiger partial charge in [0.1, 0.15) is 17.8 Å². The Labute approximate surface area is 744 Å². The Morgan fingerprint density at radius 1 is 0.453 bits per heavy atom. The highest BCUT2D eigenvalue weighted by Gasteiger charge is 2.53. The number of hydrogen-bond donors (Lipinski definition) is 6. The summed E-state index contributed by atoms with van der Waals surface area (Å²) in [6.07, 6.45) is 17.7. The Morgan fingerprint density at radius 3 is 1.18 bits per heavy atom. The molecule has 10 aliphatic rings. The minimum atomic E-state index is -0.783. The van der Waals surface area contributed by atoms with Crippen LogP contribution in [0, 0.1) is 77.9 Å². The van der Waals surface area contributed by atoms with Crippen molar-refractivity contribution >= 4 is 93.9 Å². The molecule has 0 unspecified atom stereocenters. The van der Waals surface area contributed by atoms with Crippen LogP contribution in [0.25, 0.3) is 0 Å². The summed E-state index contributed by atoms with van der Waals surface area (Å²) < 4.78 is 10.1. The van der Waals surface area contributed by atoms with Crippen molar-refractivity contribution < 1.29 is 86.0 Å². The van der Waals surface area contributed by atoms with Crippen molar-refractivity contribution in [3.63, 3.8) is 0 Å². The fourth-order valence-corrected chi connectivity index (χ4v) is 17.6. The average Bonchev–Trinajstić information content (AvgIpc) is 1.70. The normalized spacial score (nSPS) is 23.0. The second kappa shape index (κ2) is 44.9. The number of carbonyl (C=O) groups excluding carboxylic acids is 16. The standard InChI is InChI=1S/C21H22N4O3.C21H23N3O4.C19H25N3O4.C19H24N2O4.C16H24N2O3/c26-19(20(27)24-15-6-7-15)18-12-25(11-16-8-9-22-13-23-16)21(28)17(18)10-14-4-2-1-3-5-14;1-13-9-16(23-28-13)11-24-12-18(19(25)20(26)22-15-7-8-15)17(21(24)27)10-14-5-3-2-4-6-14;1-12(2)9-21-18(25)17(24)15-10-22(11-16(20)23)19(26)14(15)8-13-6-4-3-5-7-13;1-25-10-9-21-12-16(17(22)18(23)20-14-7-8-14)15(19(21)24)11-13-5-3-2-4-6-13;1-18-9-12(14(19)15(20)17-11-7-8-11)13(16(18)21)10-5-3-2-4-6-10/h1-5,8-9,13,15,17-18H,6-7,10-12H2,(H,24,27);2-6,9,15,17-18H,7-8,10-12H2,1H3,(H,22,26);3-7,12,14-15H,8-11H2,1-2H3,(H2,20,23)(H,21,25);2-6,14-16H,7-12H2,1H3,(H,20,23);10-13H,2-9H2,1H3,(H,17,20)/t2*17-,18+;14-,15+;15-,16+;12-,13+/m11110/s1. The number of benzene rings is 4. The summed E-state index contributed by atoms with van der Waals surface area (Å²) in [6.45, 7) is 8.39. The molecule has 128 heavy (non-hydrogen) atoms. The van der Waals surface area contributed by atoms with Crippen LogP contribution in [0.3, 0.4) is 0 Å². The first-order chi connectivity index (χ1) is 61.6. The Morgan fingerprint density at radius 2 is 0.820 bits per heavy atom. The number of likely N-dealkylation sites (tertiary alicyclic amines) is 5. The van der Waals surface area contributed by atoms with Crippen molar-refractivity contribution in [2.45, 2.75) is 167 Å². The number of ether oxygens (including phenoxy) is 1. The van der Waals surface area contributed by atoms with Crippen LogP contribution in [0.15, 0.2) is 151 Å². The molecule has 11 amide bonds. The van der Waals surface area contributed by atoms with E-state index in [0.717, 1.165) is 99.3 Å². The Bertz CT molecular complexity index is 4940. The fourth-order valence-electron chi connectivity index (χ4n) is 17.6. The Balaban J connectivity index is 0.000000146. The molecule has 680 valence electrons. The van der Waals surface area contributed by atoms with Crippen molar-refractivity contribution in [2.24, 2.45) is 76.7 Å². The minimum absolute atomic E-state index is 0.0349. The third kappa shape index (κ3) is 26.4. The summed E-state index contributed by atoms with van der Waals surface area (Å²) >= 11 is 0. The second-order valence-electron chi connectivity index (χ2n) is 35.8. The van der Waals surface area contributed by atoms with Gasteiger partial charge in [-0.1, -0.05) is 160 Å². The van der Waals surface area contributed by atoms with Crippen LogP contribution in [0.5, 0.6) is 0 Å². The summed E-state index contributed by atoms with van der Waals surface area (Å²) in [5.74, 6) is -11.0. The molecule has 0 radical (unpaired) electrons. The zero-order valence-corrected chi connectivity index (χ0v) is 73.4. The first-order valence-corrected chi connectivity index (χ1v) is 44.8. The third-order valence-corrected chi connectivity index (χ3v) is 25.1. The van der Waals surface area contributed by atoms with Gasteiger partial charge in [-0.05, 0) is 137 Å². The minimum Gasteiger partial charge on any atom is -0.383 e. The van der Waals surface area contributed by atoms with Crippen LogP contribution >= 0.6 is 0 Å². The molecular weight excluding hydrogens is 1640 g/mol. The number of methoxy groups -OCH3 is 1. The Kier molecular flexibility index (Phi) is 33.2. The number of primary amides is 1. The van der Waals surface area contributed by atoms with E-state index >= 15 is 0 Å². The maximum Gasteiger partial charge on any atom is 0.287 e. The number of hydrogen-bond acceptors (Lipinski definition) is 21. The summed E-state index contributed by atoms with van der Waals surface area (Å²) in [5.41, 5.74) is 10.4. The number of ketones is 5. The monoisotopic (exact) mass is 1750 g/mol. The van der Waals surface area contributed by atoms with Gasteiger partial charge in [-0.3, -0.25) is 76.7 Å². The second-order valence-corrected chi connectivity index (χ2v) is 35.8. The van der Waals surface area contributed by atoms with Gasteiger partial charge in [-0.25, -0.2) is 9.97 Å². The predicted molar refractivity (Wildman–Crippen MR) is 466 cm³/mol. The van der Waals surface area contributed by atoms with Crippen molar-refractivity contribution in [1.29, 1.82) is 0 Å². The van der Waals surface area contributed by atoms with E-state index in [4.69, 9.17) is 15.0 Å². The van der Waals surface area contributed by atoms with Gasteiger partial charge in [0.25, 0.3) is 29.5 Å². The maximum absolute atomic E-state index is 13.1. The van der Waals surface area contributed by atoms with E-state index in [1.807, 2.05) is 135 Å². The molecule has 6 aromatic rings. The van der Waals surface area contributed by atoms with Gasteiger partial charge in [-0.2, -0.15) is 0 Å². The van der Waals surface area contributed by atoms with E-state index in [2.05, 4.69) is 41.7 Å². The largest absolute Gasteiger partial charge is 0.383 e. The number of nitrogens with zero attached hydrogens (tertiary/aromatic N) is 8. The first kappa shape index (κ1) is 94.8. The van der Waals surface area contributed by atoms with Crippen LogP contribution in [0.4, 0.5) is 0 Å². The first-order valence-electron chi connectivity index (χ1n) is 44.8. The van der Waals surface area contributed by atoms with Gasteiger partial charge in [-0.15, -0.1) is 0 Å². The molecule has 4 aromatic carbocycles. The van der Waals surface area contributed by atoms with Gasteiger partial charge in [0.15, 0.2) is 0 Å². The molecule has 5 saturated heterocycles. The molecule has 10 fully saturated rings. The number of rotatable bonds is 34. The molecule has 16 rings (SSSR count). The summed E-state index contributed by atoms with van der Waals surface area (Å²) in [5, 5.41) is 17.6. The molecule has 5 aliphatic heterocycles. The predicted octanol–water partition coefficient (Wildman–Crippen LogP) is 4.84. The number of nitrogens with two attached hydrogens (primary N) is 1. The van der Waals surface area contributed by atoms with Gasteiger partial charge in [0.2, 0.25) is 64.4 Å². The Hall–Kier alpha value is -12.4. The third-order valence-electron chi connectivity index (χ3n) is 25.1. The number of amides is 11. The lowest BCUT2D eigenvalue weighted by Crippen LogP contribution is -2.41. The van der Waals surface area contributed by atoms with Crippen LogP contribution < -0.4 is 32.3 Å². The fraction of sp³-hybridized carbons (Fsp3) is 0.510. The van der Waals surface area contributed by atoms with Crippen LogP contribution in [-0.2, 0) is 120 Å². The lowest BCUT2D eigenvalue weighted by molar-refractivity contribution is -0.142. The highest BCUT2D eigenvalue weighted by molar-refractivity contribution is 6.40. The quantitative estimate of drug-likeness (QED) is 0.0294. The zero-order valence-electron chi connectivity index (χ0n) is 73.4. The van der Waals surface area contributed by atoms with E-state index in [1.54, 1.807) is 59.0 Å². The van der Waals surface area contributed by atoms with Crippen LogP contribution in [0.2, 0.25) is 0 Å². The number of Topliss-reactive ketones (excluding diaryl/α,β-unsaturated/α-hetero) is 5. The summed E-state index contributed by atoms with van der Waals surface area (Å²) in [4.78, 5) is 216. The summed E-state index contributed by atoms with van der Waals surface area (Å²) in [7, 11) is 3.32. The summed E-state index contributed by atoms with van der Waals surface area (Å²) in [6, 6.07) is 42.1.